The molecule has 0 bridgehead atoms. The van der Waals surface area contributed by atoms with Crippen LogP contribution < -0.4 is 10.6 Å². The summed E-state index contributed by atoms with van der Waals surface area (Å²) in [5.41, 5.74) is 0.164. The Labute approximate surface area is 127 Å². The maximum atomic E-state index is 12.1. The van der Waals surface area contributed by atoms with Crippen molar-refractivity contribution < 1.29 is 9.59 Å². The second-order valence-electron chi connectivity index (χ2n) is 8.10. The topological polar surface area (TPSA) is 58.2 Å². The van der Waals surface area contributed by atoms with E-state index >= 15 is 0 Å². The first kappa shape index (κ1) is 14.9. The van der Waals surface area contributed by atoms with Gasteiger partial charge in [0.1, 0.15) is 0 Å². The van der Waals surface area contributed by atoms with Crippen molar-refractivity contribution >= 4 is 11.8 Å². The third-order valence-electron chi connectivity index (χ3n) is 5.60. The monoisotopic (exact) mass is 292 g/mol. The van der Waals surface area contributed by atoms with Gasteiger partial charge in [0, 0.05) is 30.3 Å². The predicted octanol–water partition coefficient (Wildman–Crippen LogP) is 2.09. The van der Waals surface area contributed by atoms with E-state index in [1.165, 1.54) is 0 Å². The Bertz CT molecular complexity index is 438. The fraction of sp³-hybridized carbons (Fsp3) is 0.882. The highest BCUT2D eigenvalue weighted by Gasteiger charge is 2.48. The summed E-state index contributed by atoms with van der Waals surface area (Å²) in [5.74, 6) is 1.75. The molecule has 2 amide bonds. The summed E-state index contributed by atoms with van der Waals surface area (Å²) in [5, 5.41) is 6.40. The van der Waals surface area contributed by atoms with Crippen LogP contribution >= 0.6 is 0 Å². The minimum Gasteiger partial charge on any atom is -0.355 e. The van der Waals surface area contributed by atoms with Crippen molar-refractivity contribution in [3.05, 3.63) is 0 Å². The molecule has 0 spiro atoms. The average molecular weight is 292 g/mol. The van der Waals surface area contributed by atoms with Crippen LogP contribution in [-0.4, -0.2) is 24.4 Å². The van der Waals surface area contributed by atoms with Gasteiger partial charge in [-0.2, -0.15) is 0 Å². The number of amides is 2. The lowest BCUT2D eigenvalue weighted by atomic mass is 9.80. The van der Waals surface area contributed by atoms with Gasteiger partial charge in [-0.1, -0.05) is 20.8 Å². The molecule has 0 aromatic carbocycles. The van der Waals surface area contributed by atoms with Crippen LogP contribution in [0.1, 0.15) is 52.9 Å². The first-order chi connectivity index (χ1) is 9.88. The van der Waals surface area contributed by atoms with Crippen LogP contribution in [0.15, 0.2) is 0 Å². The molecule has 0 saturated heterocycles. The van der Waals surface area contributed by atoms with Crippen molar-refractivity contribution in [2.24, 2.45) is 29.1 Å². The van der Waals surface area contributed by atoms with Crippen LogP contribution in [0.25, 0.3) is 0 Å². The highest BCUT2D eigenvalue weighted by molar-refractivity contribution is 5.81. The van der Waals surface area contributed by atoms with E-state index in [2.05, 4.69) is 31.4 Å². The highest BCUT2D eigenvalue weighted by Crippen LogP contribution is 2.46. The third kappa shape index (κ3) is 3.24. The molecule has 0 radical (unpaired) electrons. The normalized spacial score (nSPS) is 34.5. The lowest BCUT2D eigenvalue weighted by molar-refractivity contribution is -0.123. The summed E-state index contributed by atoms with van der Waals surface area (Å²) in [6.07, 6.45) is 5.27. The quantitative estimate of drug-likeness (QED) is 0.815. The third-order valence-corrected chi connectivity index (χ3v) is 5.60. The van der Waals surface area contributed by atoms with E-state index < -0.39 is 0 Å². The van der Waals surface area contributed by atoms with E-state index in [-0.39, 0.29) is 35.1 Å². The first-order valence-electron chi connectivity index (χ1n) is 8.46. The standard InChI is InChI=1S/C17H28N2O2/c1-10-8-17(2,3)13(9-18-15(20)11-4-5-11)14(10)19-16(21)12-6-7-12/h10-14H,4-9H2,1-3H3,(H,18,20)(H,19,21)/t10-,13-,14+/m1/s1. The molecule has 0 aromatic heterocycles. The average Bonchev–Trinajstić information content (AvgIpc) is 3.28. The Morgan fingerprint density at radius 2 is 1.62 bits per heavy atom. The molecule has 0 aliphatic heterocycles. The summed E-state index contributed by atoms with van der Waals surface area (Å²) in [6.45, 7) is 7.45. The van der Waals surface area contributed by atoms with E-state index in [4.69, 9.17) is 0 Å². The van der Waals surface area contributed by atoms with Gasteiger partial charge in [-0.15, -0.1) is 0 Å². The van der Waals surface area contributed by atoms with E-state index in [1.807, 2.05) is 0 Å². The zero-order valence-electron chi connectivity index (χ0n) is 13.4. The van der Waals surface area contributed by atoms with Gasteiger partial charge in [-0.25, -0.2) is 0 Å². The SMILES string of the molecule is C[C@@H]1CC(C)(C)[C@H](CNC(=O)C2CC2)[C@H]1NC(=O)C1CC1. The smallest absolute Gasteiger partial charge is 0.223 e. The number of carbonyl (C=O) groups excluding carboxylic acids is 2. The van der Waals surface area contributed by atoms with Gasteiger partial charge in [0.05, 0.1) is 0 Å². The summed E-state index contributed by atoms with van der Waals surface area (Å²) < 4.78 is 0. The zero-order valence-corrected chi connectivity index (χ0v) is 13.4. The maximum Gasteiger partial charge on any atom is 0.223 e. The van der Waals surface area contributed by atoms with Crippen molar-refractivity contribution in [1.29, 1.82) is 0 Å². The molecule has 3 rings (SSSR count). The Morgan fingerprint density at radius 1 is 1.05 bits per heavy atom. The minimum absolute atomic E-state index is 0.164. The molecule has 2 N–H and O–H groups in total. The number of hydrogen-bond donors (Lipinski definition) is 2. The summed E-state index contributed by atoms with van der Waals surface area (Å²) in [6, 6.07) is 0.201. The molecule has 0 unspecified atom stereocenters. The van der Waals surface area contributed by atoms with Crippen LogP contribution in [0.3, 0.4) is 0 Å². The molecule has 4 heteroatoms. The molecular weight excluding hydrogens is 264 g/mol. The summed E-state index contributed by atoms with van der Waals surface area (Å²) in [7, 11) is 0. The van der Waals surface area contributed by atoms with Gasteiger partial charge in [0.15, 0.2) is 0 Å². The van der Waals surface area contributed by atoms with Crippen molar-refractivity contribution in [3.63, 3.8) is 0 Å². The molecule has 0 aromatic rings. The van der Waals surface area contributed by atoms with Gasteiger partial charge in [0.2, 0.25) is 11.8 Å². The van der Waals surface area contributed by atoms with Crippen LogP contribution in [0.5, 0.6) is 0 Å². The number of hydrogen-bond acceptors (Lipinski definition) is 2. The lowest BCUT2D eigenvalue weighted by Gasteiger charge is -2.31. The van der Waals surface area contributed by atoms with Crippen LogP contribution in [0.2, 0.25) is 0 Å². The molecule has 21 heavy (non-hydrogen) atoms. The molecular formula is C17H28N2O2. The molecule has 3 fully saturated rings. The molecule has 4 nitrogen and oxygen atoms in total. The molecule has 3 aliphatic carbocycles. The lowest BCUT2D eigenvalue weighted by Crippen LogP contribution is -2.47. The Balaban J connectivity index is 1.62. The van der Waals surface area contributed by atoms with Crippen LogP contribution in [0.4, 0.5) is 0 Å². The zero-order chi connectivity index (χ0) is 15.2. The van der Waals surface area contributed by atoms with E-state index in [1.54, 1.807) is 0 Å². The van der Waals surface area contributed by atoms with Gasteiger partial charge in [-0.3, -0.25) is 9.59 Å². The Hall–Kier alpha value is -1.06. The van der Waals surface area contributed by atoms with Crippen LogP contribution in [-0.2, 0) is 9.59 Å². The Kier molecular flexibility index (Phi) is 3.74. The maximum absolute atomic E-state index is 12.1. The highest BCUT2D eigenvalue weighted by atomic mass is 16.2. The molecule has 3 aliphatic rings. The van der Waals surface area contributed by atoms with Gasteiger partial charge in [0.25, 0.3) is 0 Å². The number of carbonyl (C=O) groups is 2. The van der Waals surface area contributed by atoms with Gasteiger partial charge in [-0.05, 0) is 43.4 Å². The fourth-order valence-electron chi connectivity index (χ4n) is 3.97. The Morgan fingerprint density at radius 3 is 2.19 bits per heavy atom. The van der Waals surface area contributed by atoms with E-state index in [0.717, 1.165) is 32.1 Å². The first-order valence-corrected chi connectivity index (χ1v) is 8.46. The molecule has 118 valence electrons. The second-order valence-corrected chi connectivity index (χ2v) is 8.10. The van der Waals surface area contributed by atoms with Crippen molar-refractivity contribution in [3.8, 4) is 0 Å². The summed E-state index contributed by atoms with van der Waals surface area (Å²) >= 11 is 0. The molecule has 0 heterocycles. The van der Waals surface area contributed by atoms with Gasteiger partial charge < -0.3 is 10.6 Å². The van der Waals surface area contributed by atoms with Crippen molar-refractivity contribution in [2.45, 2.75) is 58.9 Å². The van der Waals surface area contributed by atoms with Gasteiger partial charge >= 0.3 is 0 Å². The fourth-order valence-corrected chi connectivity index (χ4v) is 3.97. The predicted molar refractivity (Wildman–Crippen MR) is 81.4 cm³/mol. The summed E-state index contributed by atoms with van der Waals surface area (Å²) in [4.78, 5) is 24.0. The van der Waals surface area contributed by atoms with E-state index in [9.17, 15) is 9.59 Å². The van der Waals surface area contributed by atoms with E-state index in [0.29, 0.717) is 18.4 Å². The number of nitrogens with one attached hydrogen (secondary N) is 2. The van der Waals surface area contributed by atoms with Crippen molar-refractivity contribution in [1.82, 2.24) is 10.6 Å². The largest absolute Gasteiger partial charge is 0.355 e. The second kappa shape index (κ2) is 5.29. The number of rotatable bonds is 5. The van der Waals surface area contributed by atoms with Crippen molar-refractivity contribution in [2.75, 3.05) is 6.54 Å². The van der Waals surface area contributed by atoms with Crippen LogP contribution in [0, 0.1) is 29.1 Å². The minimum atomic E-state index is 0.164. The molecule has 3 atom stereocenters. The molecule has 3 saturated carbocycles.